The maximum Gasteiger partial charge on any atom is 0.296 e. The van der Waals surface area contributed by atoms with E-state index in [9.17, 15) is 14.9 Å². The van der Waals surface area contributed by atoms with Crippen molar-refractivity contribution in [1.29, 1.82) is 0 Å². The lowest BCUT2D eigenvalue weighted by atomic mass is 10.2. The van der Waals surface area contributed by atoms with Crippen LogP contribution >= 0.6 is 11.8 Å². The lowest BCUT2D eigenvalue weighted by Gasteiger charge is -2.09. The van der Waals surface area contributed by atoms with Gasteiger partial charge in [0.25, 0.3) is 5.69 Å². The Balaban J connectivity index is 1.71. The Hall–Kier alpha value is -3.20. The van der Waals surface area contributed by atoms with Gasteiger partial charge in [0.15, 0.2) is 0 Å². The van der Waals surface area contributed by atoms with Gasteiger partial charge >= 0.3 is 0 Å². The molecule has 0 bridgehead atoms. The van der Waals surface area contributed by atoms with Crippen molar-refractivity contribution in [3.63, 3.8) is 0 Å². The highest BCUT2D eigenvalue weighted by Crippen LogP contribution is 2.29. The van der Waals surface area contributed by atoms with E-state index in [1.807, 2.05) is 31.2 Å². The zero-order chi connectivity index (χ0) is 20.1. The molecule has 1 N–H and O–H groups in total. The highest BCUT2D eigenvalue weighted by Gasteiger charge is 2.18. The van der Waals surface area contributed by atoms with Gasteiger partial charge in [-0.05, 0) is 38.1 Å². The van der Waals surface area contributed by atoms with Crippen LogP contribution in [-0.4, -0.2) is 33.2 Å². The molecule has 1 amide bonds. The van der Waals surface area contributed by atoms with Gasteiger partial charge in [0.05, 0.1) is 40.1 Å². The molecule has 28 heavy (non-hydrogen) atoms. The number of benzene rings is 2. The number of hydrogen-bond acceptors (Lipinski definition) is 7. The Kier molecular flexibility index (Phi) is 6.05. The second kappa shape index (κ2) is 8.66. The van der Waals surface area contributed by atoms with Gasteiger partial charge in [-0.1, -0.05) is 23.9 Å². The van der Waals surface area contributed by atoms with Crippen LogP contribution in [0.1, 0.15) is 12.6 Å². The van der Waals surface area contributed by atoms with Gasteiger partial charge in [-0.25, -0.2) is 9.97 Å². The monoisotopic (exact) mass is 398 g/mol. The summed E-state index contributed by atoms with van der Waals surface area (Å²) in [5.74, 6) is 0.0633. The second-order valence-corrected chi connectivity index (χ2v) is 6.77. The lowest BCUT2D eigenvalue weighted by molar-refractivity contribution is -0.384. The number of carbonyl (C=O) groups excluding carboxylic acids is 1. The fourth-order valence-corrected chi connectivity index (χ4v) is 3.31. The third-order valence-electron chi connectivity index (χ3n) is 3.79. The molecule has 144 valence electrons. The Labute approximate surface area is 165 Å². The van der Waals surface area contributed by atoms with E-state index in [0.717, 1.165) is 16.7 Å². The van der Waals surface area contributed by atoms with E-state index in [0.29, 0.717) is 17.4 Å². The van der Waals surface area contributed by atoms with Gasteiger partial charge in [-0.15, -0.1) is 0 Å². The van der Waals surface area contributed by atoms with Crippen LogP contribution in [0.15, 0.2) is 47.5 Å². The average Bonchev–Trinajstić information content (AvgIpc) is 2.67. The van der Waals surface area contributed by atoms with Gasteiger partial charge < -0.3 is 10.1 Å². The van der Waals surface area contributed by atoms with E-state index < -0.39 is 4.92 Å². The van der Waals surface area contributed by atoms with Gasteiger partial charge in [-0.2, -0.15) is 0 Å². The number of nitro groups is 1. The maximum absolute atomic E-state index is 12.3. The predicted octanol–water partition coefficient (Wildman–Crippen LogP) is 3.98. The number of hydrogen-bond donors (Lipinski definition) is 1. The standard InChI is InChI=1S/C19H18N4O4S/c1-3-27-13-8-9-16(17(10-13)23(25)26)21-18(24)11-28-19-12(2)20-14-6-4-5-7-15(14)22-19/h4-10H,3,11H2,1-2H3,(H,21,24). The molecule has 0 radical (unpaired) electrons. The van der Waals surface area contributed by atoms with Crippen LogP contribution in [0, 0.1) is 17.0 Å². The first-order valence-corrected chi connectivity index (χ1v) is 9.53. The van der Waals surface area contributed by atoms with Crippen molar-refractivity contribution in [3.8, 4) is 5.75 Å². The second-order valence-electron chi connectivity index (χ2n) is 5.81. The number of ether oxygens (including phenoxy) is 1. The topological polar surface area (TPSA) is 107 Å². The number of para-hydroxylation sites is 2. The highest BCUT2D eigenvalue weighted by atomic mass is 32.2. The van der Waals surface area contributed by atoms with E-state index in [2.05, 4.69) is 15.3 Å². The minimum absolute atomic E-state index is 0.0538. The van der Waals surface area contributed by atoms with Crippen molar-refractivity contribution in [2.24, 2.45) is 0 Å². The number of rotatable bonds is 7. The molecule has 0 aliphatic heterocycles. The van der Waals surface area contributed by atoms with Gasteiger partial charge in [0.1, 0.15) is 16.5 Å². The third-order valence-corrected chi connectivity index (χ3v) is 4.86. The van der Waals surface area contributed by atoms with E-state index >= 15 is 0 Å². The van der Waals surface area contributed by atoms with E-state index in [-0.39, 0.29) is 23.0 Å². The SMILES string of the molecule is CCOc1ccc(NC(=O)CSc2nc3ccccc3nc2C)c([N+](=O)[O-])c1. The summed E-state index contributed by atoms with van der Waals surface area (Å²) < 4.78 is 5.27. The largest absolute Gasteiger partial charge is 0.494 e. The highest BCUT2D eigenvalue weighted by molar-refractivity contribution is 8.00. The number of nitrogens with zero attached hydrogens (tertiary/aromatic N) is 3. The number of nitrogens with one attached hydrogen (secondary N) is 1. The Morgan fingerprint density at radius 3 is 2.61 bits per heavy atom. The van der Waals surface area contributed by atoms with E-state index in [1.165, 1.54) is 23.9 Å². The molecule has 9 heteroatoms. The molecular weight excluding hydrogens is 380 g/mol. The summed E-state index contributed by atoms with van der Waals surface area (Å²) in [5, 5.41) is 14.5. The van der Waals surface area contributed by atoms with Crippen LogP contribution in [0.4, 0.5) is 11.4 Å². The summed E-state index contributed by atoms with van der Waals surface area (Å²) in [6.07, 6.45) is 0. The molecule has 3 rings (SSSR count). The molecule has 0 aliphatic carbocycles. The van der Waals surface area contributed by atoms with Crippen molar-refractivity contribution in [2.45, 2.75) is 18.9 Å². The number of anilines is 1. The first-order chi connectivity index (χ1) is 13.5. The fourth-order valence-electron chi connectivity index (χ4n) is 2.55. The van der Waals surface area contributed by atoms with Crippen LogP contribution in [0.5, 0.6) is 5.75 Å². The number of thioether (sulfide) groups is 1. The molecule has 1 aromatic heterocycles. The van der Waals surface area contributed by atoms with Crippen molar-refractivity contribution in [3.05, 3.63) is 58.3 Å². The zero-order valence-electron chi connectivity index (χ0n) is 15.3. The molecular formula is C19H18N4O4S. The summed E-state index contributed by atoms with van der Waals surface area (Å²) in [6.45, 7) is 4.01. The first-order valence-electron chi connectivity index (χ1n) is 8.55. The quantitative estimate of drug-likeness (QED) is 0.364. The summed E-state index contributed by atoms with van der Waals surface area (Å²) in [6, 6.07) is 11.8. The first kappa shape index (κ1) is 19.6. The van der Waals surface area contributed by atoms with Crippen LogP contribution in [0.2, 0.25) is 0 Å². The Bertz CT molecular complexity index is 1040. The predicted molar refractivity (Wildman–Crippen MR) is 108 cm³/mol. The van der Waals surface area contributed by atoms with Crippen LogP contribution < -0.4 is 10.1 Å². The summed E-state index contributed by atoms with van der Waals surface area (Å²) >= 11 is 1.23. The van der Waals surface area contributed by atoms with Crippen LogP contribution in [0.3, 0.4) is 0 Å². The summed E-state index contributed by atoms with van der Waals surface area (Å²) in [5.41, 5.74) is 2.17. The smallest absolute Gasteiger partial charge is 0.296 e. The molecule has 0 spiro atoms. The Morgan fingerprint density at radius 1 is 1.21 bits per heavy atom. The van der Waals surface area contributed by atoms with Gasteiger partial charge in [0, 0.05) is 0 Å². The number of carbonyl (C=O) groups is 1. The number of fused-ring (bicyclic) bond motifs is 1. The van der Waals surface area contributed by atoms with Gasteiger partial charge in [0.2, 0.25) is 5.91 Å². The molecule has 0 aliphatic rings. The zero-order valence-corrected chi connectivity index (χ0v) is 16.2. The van der Waals surface area contributed by atoms with E-state index in [4.69, 9.17) is 4.74 Å². The minimum atomic E-state index is -0.551. The number of nitro benzene ring substituents is 1. The van der Waals surface area contributed by atoms with Crippen molar-refractivity contribution < 1.29 is 14.5 Å². The number of aromatic nitrogens is 2. The van der Waals surface area contributed by atoms with Crippen molar-refractivity contribution in [2.75, 3.05) is 17.7 Å². The average molecular weight is 398 g/mol. The van der Waals surface area contributed by atoms with Crippen molar-refractivity contribution in [1.82, 2.24) is 9.97 Å². The van der Waals surface area contributed by atoms with Crippen LogP contribution in [0.25, 0.3) is 11.0 Å². The van der Waals surface area contributed by atoms with Crippen LogP contribution in [-0.2, 0) is 4.79 Å². The van der Waals surface area contributed by atoms with E-state index in [1.54, 1.807) is 13.0 Å². The maximum atomic E-state index is 12.3. The van der Waals surface area contributed by atoms with Crippen molar-refractivity contribution >= 4 is 40.1 Å². The number of aryl methyl sites for hydroxylation is 1. The molecule has 1 heterocycles. The molecule has 0 saturated carbocycles. The summed E-state index contributed by atoms with van der Waals surface area (Å²) in [4.78, 5) is 32.1. The normalized spacial score (nSPS) is 10.6. The molecule has 0 unspecified atom stereocenters. The third kappa shape index (κ3) is 4.55. The minimum Gasteiger partial charge on any atom is -0.494 e. The molecule has 3 aromatic rings. The number of amides is 1. The molecule has 8 nitrogen and oxygen atoms in total. The lowest BCUT2D eigenvalue weighted by Crippen LogP contribution is -2.15. The molecule has 0 atom stereocenters. The Morgan fingerprint density at radius 2 is 1.93 bits per heavy atom. The summed E-state index contributed by atoms with van der Waals surface area (Å²) in [7, 11) is 0. The molecule has 0 fully saturated rings. The molecule has 0 saturated heterocycles. The fraction of sp³-hybridized carbons (Fsp3) is 0.211. The molecule has 2 aromatic carbocycles. The van der Waals surface area contributed by atoms with Gasteiger partial charge in [-0.3, -0.25) is 14.9 Å².